The molecule has 0 spiro atoms. The molecule has 0 aromatic carbocycles. The van der Waals surface area contributed by atoms with Gasteiger partial charge in [-0.25, -0.2) is 4.98 Å². The van der Waals surface area contributed by atoms with E-state index < -0.39 is 0 Å². The Labute approximate surface area is 107 Å². The van der Waals surface area contributed by atoms with Gasteiger partial charge in [0, 0.05) is 25.0 Å². The lowest BCUT2D eigenvalue weighted by atomic mass is 10.0. The zero-order chi connectivity index (χ0) is 13.0. The van der Waals surface area contributed by atoms with Gasteiger partial charge in [-0.2, -0.15) is 5.10 Å². The Morgan fingerprint density at radius 3 is 2.89 bits per heavy atom. The Hall–Kier alpha value is -1.88. The van der Waals surface area contributed by atoms with Gasteiger partial charge in [-0.05, 0) is 25.1 Å². The van der Waals surface area contributed by atoms with Gasteiger partial charge >= 0.3 is 0 Å². The fraction of sp³-hybridized carbons (Fsp3) is 0.385. The standard InChI is InChI=1S/C13H19N5/c1-3-7-15-12(11-6-9-18(2)17-11)10-5-4-8-16-13(10)14/h4-6,8-9,12,15H,3,7H2,1-2H3,(H2,14,16). The highest BCUT2D eigenvalue weighted by atomic mass is 15.3. The molecule has 0 radical (unpaired) electrons. The van der Waals surface area contributed by atoms with E-state index >= 15 is 0 Å². The van der Waals surface area contributed by atoms with Gasteiger partial charge in [0.1, 0.15) is 5.82 Å². The molecule has 1 unspecified atom stereocenters. The fourth-order valence-electron chi connectivity index (χ4n) is 1.92. The molecule has 5 nitrogen and oxygen atoms in total. The first-order chi connectivity index (χ1) is 8.72. The van der Waals surface area contributed by atoms with E-state index in [1.807, 2.05) is 31.4 Å². The summed E-state index contributed by atoms with van der Waals surface area (Å²) in [4.78, 5) is 4.14. The molecule has 0 aliphatic carbocycles. The maximum atomic E-state index is 5.95. The molecule has 0 saturated heterocycles. The first-order valence-corrected chi connectivity index (χ1v) is 6.15. The Morgan fingerprint density at radius 2 is 2.28 bits per heavy atom. The van der Waals surface area contributed by atoms with Crippen molar-refractivity contribution in [1.82, 2.24) is 20.1 Å². The van der Waals surface area contributed by atoms with Crippen LogP contribution >= 0.6 is 0 Å². The van der Waals surface area contributed by atoms with Crippen LogP contribution in [0.5, 0.6) is 0 Å². The Bertz CT molecular complexity index is 506. The smallest absolute Gasteiger partial charge is 0.128 e. The highest BCUT2D eigenvalue weighted by molar-refractivity contribution is 5.44. The molecule has 0 bridgehead atoms. The van der Waals surface area contributed by atoms with Crippen LogP contribution in [0.25, 0.3) is 0 Å². The van der Waals surface area contributed by atoms with E-state index in [1.54, 1.807) is 10.9 Å². The maximum absolute atomic E-state index is 5.95. The summed E-state index contributed by atoms with van der Waals surface area (Å²) in [7, 11) is 1.91. The number of nitrogens with zero attached hydrogens (tertiary/aromatic N) is 3. The van der Waals surface area contributed by atoms with Crippen molar-refractivity contribution < 1.29 is 0 Å². The van der Waals surface area contributed by atoms with Crippen molar-refractivity contribution in [3.8, 4) is 0 Å². The topological polar surface area (TPSA) is 68.8 Å². The molecule has 0 aliphatic heterocycles. The Morgan fingerprint density at radius 1 is 1.44 bits per heavy atom. The minimum absolute atomic E-state index is 0.000139. The van der Waals surface area contributed by atoms with E-state index in [1.165, 1.54) is 0 Å². The number of nitrogens with one attached hydrogen (secondary N) is 1. The number of aromatic nitrogens is 3. The van der Waals surface area contributed by atoms with Crippen molar-refractivity contribution in [1.29, 1.82) is 0 Å². The van der Waals surface area contributed by atoms with Gasteiger partial charge in [0.25, 0.3) is 0 Å². The quantitative estimate of drug-likeness (QED) is 0.837. The molecule has 1 atom stereocenters. The lowest BCUT2D eigenvalue weighted by Crippen LogP contribution is -2.25. The van der Waals surface area contributed by atoms with E-state index in [0.29, 0.717) is 5.82 Å². The van der Waals surface area contributed by atoms with Crippen LogP contribution in [-0.2, 0) is 7.05 Å². The van der Waals surface area contributed by atoms with Gasteiger partial charge < -0.3 is 11.1 Å². The summed E-state index contributed by atoms with van der Waals surface area (Å²) in [5.41, 5.74) is 7.89. The minimum atomic E-state index is -0.000139. The van der Waals surface area contributed by atoms with E-state index in [0.717, 1.165) is 24.2 Å². The largest absolute Gasteiger partial charge is 0.383 e. The first kappa shape index (κ1) is 12.6. The number of nitrogens with two attached hydrogens (primary N) is 1. The molecule has 96 valence electrons. The van der Waals surface area contributed by atoms with Gasteiger partial charge in [0.15, 0.2) is 0 Å². The second-order valence-corrected chi connectivity index (χ2v) is 4.28. The summed E-state index contributed by atoms with van der Waals surface area (Å²) in [5.74, 6) is 0.553. The van der Waals surface area contributed by atoms with Gasteiger partial charge in [-0.1, -0.05) is 13.0 Å². The molecular weight excluding hydrogens is 226 g/mol. The molecule has 0 saturated carbocycles. The zero-order valence-electron chi connectivity index (χ0n) is 10.8. The minimum Gasteiger partial charge on any atom is -0.383 e. The van der Waals surface area contributed by atoms with E-state index in [2.05, 4.69) is 22.3 Å². The zero-order valence-corrected chi connectivity index (χ0v) is 10.8. The fourth-order valence-corrected chi connectivity index (χ4v) is 1.92. The third-order valence-electron chi connectivity index (χ3n) is 2.81. The van der Waals surface area contributed by atoms with Crippen molar-refractivity contribution in [3.63, 3.8) is 0 Å². The average molecular weight is 245 g/mol. The lowest BCUT2D eigenvalue weighted by molar-refractivity contribution is 0.575. The normalized spacial score (nSPS) is 12.6. The molecule has 0 amide bonds. The van der Waals surface area contributed by atoms with Gasteiger partial charge in [0.2, 0.25) is 0 Å². The number of hydrogen-bond acceptors (Lipinski definition) is 4. The number of hydrogen-bond donors (Lipinski definition) is 2. The summed E-state index contributed by atoms with van der Waals surface area (Å²) in [6.45, 7) is 3.05. The second-order valence-electron chi connectivity index (χ2n) is 4.28. The average Bonchev–Trinajstić information content (AvgIpc) is 2.78. The molecule has 2 aromatic heterocycles. The molecule has 5 heteroatoms. The Kier molecular flexibility index (Phi) is 3.94. The summed E-state index contributed by atoms with van der Waals surface area (Å²) in [6, 6.07) is 5.89. The second kappa shape index (κ2) is 5.64. The van der Waals surface area contributed by atoms with Crippen molar-refractivity contribution in [3.05, 3.63) is 41.9 Å². The highest BCUT2D eigenvalue weighted by Gasteiger charge is 2.18. The van der Waals surface area contributed by atoms with E-state index in [-0.39, 0.29) is 6.04 Å². The molecule has 3 N–H and O–H groups in total. The van der Waals surface area contributed by atoms with Crippen LogP contribution in [0, 0.1) is 0 Å². The number of rotatable bonds is 5. The van der Waals surface area contributed by atoms with Crippen LogP contribution < -0.4 is 11.1 Å². The summed E-state index contributed by atoms with van der Waals surface area (Å²) in [6.07, 6.45) is 4.69. The monoisotopic (exact) mass is 245 g/mol. The number of anilines is 1. The van der Waals surface area contributed by atoms with Gasteiger partial charge in [-0.3, -0.25) is 4.68 Å². The molecule has 18 heavy (non-hydrogen) atoms. The predicted octanol–water partition coefficient (Wildman–Crippen LogP) is 1.49. The summed E-state index contributed by atoms with van der Waals surface area (Å²) in [5, 5.41) is 7.91. The van der Waals surface area contributed by atoms with Crippen LogP contribution in [0.2, 0.25) is 0 Å². The van der Waals surface area contributed by atoms with Crippen molar-refractivity contribution in [2.24, 2.45) is 7.05 Å². The third kappa shape index (κ3) is 2.68. The molecule has 2 aromatic rings. The maximum Gasteiger partial charge on any atom is 0.128 e. The van der Waals surface area contributed by atoms with E-state index in [4.69, 9.17) is 5.73 Å². The van der Waals surface area contributed by atoms with Crippen molar-refractivity contribution in [2.75, 3.05) is 12.3 Å². The van der Waals surface area contributed by atoms with Gasteiger partial charge in [-0.15, -0.1) is 0 Å². The molecule has 0 fully saturated rings. The first-order valence-electron chi connectivity index (χ1n) is 6.15. The molecule has 2 rings (SSSR count). The SMILES string of the molecule is CCCNC(c1ccn(C)n1)c1cccnc1N. The van der Waals surface area contributed by atoms with Crippen LogP contribution in [0.15, 0.2) is 30.6 Å². The van der Waals surface area contributed by atoms with Crippen molar-refractivity contribution >= 4 is 5.82 Å². The van der Waals surface area contributed by atoms with Crippen LogP contribution in [0.1, 0.15) is 30.6 Å². The van der Waals surface area contributed by atoms with Crippen molar-refractivity contribution in [2.45, 2.75) is 19.4 Å². The summed E-state index contributed by atoms with van der Waals surface area (Å²) < 4.78 is 1.79. The molecule has 2 heterocycles. The third-order valence-corrected chi connectivity index (χ3v) is 2.81. The molecule has 0 aliphatic rings. The number of nitrogen functional groups attached to an aromatic ring is 1. The van der Waals surface area contributed by atoms with E-state index in [9.17, 15) is 0 Å². The number of pyridine rings is 1. The summed E-state index contributed by atoms with van der Waals surface area (Å²) >= 11 is 0. The van der Waals surface area contributed by atoms with Crippen LogP contribution in [0.3, 0.4) is 0 Å². The number of aryl methyl sites for hydroxylation is 1. The molecular formula is C13H19N5. The lowest BCUT2D eigenvalue weighted by Gasteiger charge is -2.18. The van der Waals surface area contributed by atoms with Crippen LogP contribution in [0.4, 0.5) is 5.82 Å². The van der Waals surface area contributed by atoms with Crippen LogP contribution in [-0.4, -0.2) is 21.3 Å². The van der Waals surface area contributed by atoms with Gasteiger partial charge in [0.05, 0.1) is 11.7 Å². The predicted molar refractivity (Wildman–Crippen MR) is 72.0 cm³/mol. The highest BCUT2D eigenvalue weighted by Crippen LogP contribution is 2.23. The Balaban J connectivity index is 2.33.